The summed E-state index contributed by atoms with van der Waals surface area (Å²) in [6.07, 6.45) is 0. The molecule has 96 valence electrons. The quantitative estimate of drug-likeness (QED) is 0.691. The molecule has 1 N–H and O–H groups in total. The molecule has 1 unspecified atom stereocenters. The summed E-state index contributed by atoms with van der Waals surface area (Å²) in [5, 5.41) is 0. The van der Waals surface area contributed by atoms with Gasteiger partial charge in [-0.25, -0.2) is 0 Å². The fraction of sp³-hybridized carbons (Fsp3) is 1.00. The zero-order chi connectivity index (χ0) is 12.6. The SMILES string of the molecule is CC1CN[Si](C)(C)O[Si](C)(C)O[Si](C)(C)C1. The third kappa shape index (κ3) is 4.80. The standard InChI is InChI=1S/C10H27NO2Si3/c1-10-8-11-15(4,5)13-16(6,7)12-14(2,3)9-10/h10-11H,8-9H2,1-7H3. The van der Waals surface area contributed by atoms with Crippen LogP contribution in [-0.4, -0.2) is 31.9 Å². The number of nitrogens with one attached hydrogen (secondary N) is 1. The fourth-order valence-electron chi connectivity index (χ4n) is 2.71. The van der Waals surface area contributed by atoms with Crippen LogP contribution in [0.2, 0.25) is 45.3 Å². The molecule has 0 amide bonds. The van der Waals surface area contributed by atoms with Crippen LogP contribution >= 0.6 is 0 Å². The van der Waals surface area contributed by atoms with Gasteiger partial charge in [0, 0.05) is 0 Å². The molecule has 0 radical (unpaired) electrons. The lowest BCUT2D eigenvalue weighted by Crippen LogP contribution is -2.57. The molecule has 1 heterocycles. The Kier molecular flexibility index (Phi) is 4.25. The third-order valence-corrected chi connectivity index (χ3v) is 13.7. The lowest BCUT2D eigenvalue weighted by atomic mass is 10.2. The molecule has 0 aliphatic carbocycles. The summed E-state index contributed by atoms with van der Waals surface area (Å²) in [4.78, 5) is 3.64. The summed E-state index contributed by atoms with van der Waals surface area (Å²) in [5.74, 6) is 0.694. The van der Waals surface area contributed by atoms with Gasteiger partial charge in [-0.05, 0) is 57.8 Å². The Bertz CT molecular complexity index is 256. The molecule has 0 spiro atoms. The van der Waals surface area contributed by atoms with Gasteiger partial charge >= 0.3 is 8.56 Å². The Morgan fingerprint density at radius 3 is 2.12 bits per heavy atom. The zero-order valence-corrected chi connectivity index (χ0v) is 14.8. The van der Waals surface area contributed by atoms with Crippen LogP contribution in [0.4, 0.5) is 0 Å². The minimum absolute atomic E-state index is 0.694. The van der Waals surface area contributed by atoms with Crippen molar-refractivity contribution in [3.63, 3.8) is 0 Å². The second-order valence-corrected chi connectivity index (χ2v) is 18.3. The van der Waals surface area contributed by atoms with Gasteiger partial charge in [-0.3, -0.25) is 0 Å². The molecule has 0 aromatic carbocycles. The van der Waals surface area contributed by atoms with Crippen LogP contribution in [0.3, 0.4) is 0 Å². The first-order valence-electron chi connectivity index (χ1n) is 6.17. The van der Waals surface area contributed by atoms with E-state index >= 15 is 0 Å². The summed E-state index contributed by atoms with van der Waals surface area (Å²) in [6, 6.07) is 1.23. The first-order chi connectivity index (χ1) is 7.02. The van der Waals surface area contributed by atoms with Gasteiger partial charge in [0.05, 0.1) is 0 Å². The van der Waals surface area contributed by atoms with Crippen molar-refractivity contribution in [2.75, 3.05) is 6.54 Å². The highest BCUT2D eigenvalue weighted by molar-refractivity contribution is 6.87. The van der Waals surface area contributed by atoms with Crippen LogP contribution in [-0.2, 0) is 8.23 Å². The van der Waals surface area contributed by atoms with Crippen molar-refractivity contribution in [2.24, 2.45) is 5.92 Å². The van der Waals surface area contributed by atoms with E-state index in [1.54, 1.807) is 0 Å². The van der Waals surface area contributed by atoms with Gasteiger partial charge in [0.25, 0.3) is 8.48 Å². The predicted molar refractivity (Wildman–Crippen MR) is 76.6 cm³/mol. The zero-order valence-electron chi connectivity index (χ0n) is 11.8. The van der Waals surface area contributed by atoms with E-state index in [2.05, 4.69) is 51.2 Å². The first kappa shape index (κ1) is 14.6. The van der Waals surface area contributed by atoms with E-state index in [1.165, 1.54) is 6.04 Å². The predicted octanol–water partition coefficient (Wildman–Crippen LogP) is 2.87. The molecule has 0 bridgehead atoms. The maximum Gasteiger partial charge on any atom is 0.312 e. The molecule has 0 aromatic rings. The van der Waals surface area contributed by atoms with E-state index in [4.69, 9.17) is 8.23 Å². The van der Waals surface area contributed by atoms with Gasteiger partial charge < -0.3 is 13.2 Å². The molecule has 1 atom stereocenters. The lowest BCUT2D eigenvalue weighted by Gasteiger charge is -2.37. The highest BCUT2D eigenvalue weighted by Gasteiger charge is 2.41. The molecule has 0 saturated carbocycles. The van der Waals surface area contributed by atoms with Crippen LogP contribution in [0, 0.1) is 5.92 Å². The molecule has 1 aliphatic heterocycles. The summed E-state index contributed by atoms with van der Waals surface area (Å²) in [7, 11) is -5.23. The van der Waals surface area contributed by atoms with E-state index in [0.717, 1.165) is 6.54 Å². The van der Waals surface area contributed by atoms with E-state index < -0.39 is 25.4 Å². The van der Waals surface area contributed by atoms with Gasteiger partial charge in [-0.1, -0.05) is 6.92 Å². The number of hydrogen-bond acceptors (Lipinski definition) is 3. The van der Waals surface area contributed by atoms with Gasteiger partial charge in [0.2, 0.25) is 0 Å². The molecule has 3 nitrogen and oxygen atoms in total. The Hall–Kier alpha value is 0.531. The monoisotopic (exact) mass is 277 g/mol. The van der Waals surface area contributed by atoms with Crippen molar-refractivity contribution >= 4 is 25.4 Å². The Balaban J connectivity index is 2.87. The van der Waals surface area contributed by atoms with Crippen molar-refractivity contribution in [1.82, 2.24) is 4.98 Å². The van der Waals surface area contributed by atoms with Gasteiger partial charge in [-0.15, -0.1) is 0 Å². The van der Waals surface area contributed by atoms with Crippen molar-refractivity contribution in [2.45, 2.75) is 52.2 Å². The maximum absolute atomic E-state index is 6.40. The summed E-state index contributed by atoms with van der Waals surface area (Å²) < 4.78 is 12.7. The summed E-state index contributed by atoms with van der Waals surface area (Å²) >= 11 is 0. The van der Waals surface area contributed by atoms with Crippen molar-refractivity contribution in [3.8, 4) is 0 Å². The number of hydrogen-bond donors (Lipinski definition) is 1. The Labute approximate surface area is 104 Å². The Morgan fingerprint density at radius 2 is 1.56 bits per heavy atom. The van der Waals surface area contributed by atoms with Crippen molar-refractivity contribution in [3.05, 3.63) is 0 Å². The second kappa shape index (κ2) is 4.66. The minimum Gasteiger partial charge on any atom is -0.436 e. The smallest absolute Gasteiger partial charge is 0.312 e. The second-order valence-electron chi connectivity index (χ2n) is 6.56. The normalized spacial score (nSPS) is 33.6. The number of rotatable bonds is 0. The Morgan fingerprint density at radius 1 is 1.00 bits per heavy atom. The molecule has 1 fully saturated rings. The molecule has 6 heteroatoms. The largest absolute Gasteiger partial charge is 0.436 e. The molecular weight excluding hydrogens is 250 g/mol. The van der Waals surface area contributed by atoms with Gasteiger partial charge in [-0.2, -0.15) is 0 Å². The van der Waals surface area contributed by atoms with Gasteiger partial charge in [0.15, 0.2) is 8.32 Å². The molecular formula is C10H27NO2Si3. The minimum atomic E-state index is -1.94. The highest BCUT2D eigenvalue weighted by Crippen LogP contribution is 2.26. The van der Waals surface area contributed by atoms with Crippen molar-refractivity contribution in [1.29, 1.82) is 0 Å². The van der Waals surface area contributed by atoms with Gasteiger partial charge in [0.1, 0.15) is 0 Å². The molecule has 1 aliphatic rings. The third-order valence-electron chi connectivity index (χ3n) is 2.74. The highest BCUT2D eigenvalue weighted by atomic mass is 28.5. The van der Waals surface area contributed by atoms with Crippen LogP contribution in [0.15, 0.2) is 0 Å². The maximum atomic E-state index is 6.40. The average molecular weight is 278 g/mol. The van der Waals surface area contributed by atoms with Crippen LogP contribution in [0.1, 0.15) is 6.92 Å². The molecule has 1 rings (SSSR count). The summed E-state index contributed by atoms with van der Waals surface area (Å²) in [6.45, 7) is 16.9. The van der Waals surface area contributed by atoms with Crippen LogP contribution < -0.4 is 4.98 Å². The molecule has 1 saturated heterocycles. The molecule has 16 heavy (non-hydrogen) atoms. The average Bonchev–Trinajstić information content (AvgIpc) is 1.95. The molecule has 0 aromatic heterocycles. The van der Waals surface area contributed by atoms with Crippen LogP contribution in [0.25, 0.3) is 0 Å². The lowest BCUT2D eigenvalue weighted by molar-refractivity contribution is 0.387. The fourth-order valence-corrected chi connectivity index (χ4v) is 16.8. The van der Waals surface area contributed by atoms with E-state index in [0.29, 0.717) is 5.92 Å². The van der Waals surface area contributed by atoms with E-state index in [1.807, 2.05) is 0 Å². The first-order valence-corrected chi connectivity index (χ1v) is 15.0. The van der Waals surface area contributed by atoms with Crippen LogP contribution in [0.5, 0.6) is 0 Å². The van der Waals surface area contributed by atoms with E-state index in [-0.39, 0.29) is 0 Å². The topological polar surface area (TPSA) is 30.5 Å². The van der Waals surface area contributed by atoms with E-state index in [9.17, 15) is 0 Å². The van der Waals surface area contributed by atoms with Crippen molar-refractivity contribution < 1.29 is 8.23 Å². The summed E-state index contributed by atoms with van der Waals surface area (Å²) in [5.41, 5.74) is 0.